The molecule has 0 radical (unpaired) electrons. The van der Waals surface area contributed by atoms with E-state index in [0.717, 1.165) is 10.9 Å². The fraction of sp³-hybridized carbons (Fsp3) is 0.320. The summed E-state index contributed by atoms with van der Waals surface area (Å²) in [7, 11) is 0. The van der Waals surface area contributed by atoms with Crippen molar-refractivity contribution in [2.75, 3.05) is 26.2 Å². The molecule has 12 heteroatoms. The van der Waals surface area contributed by atoms with Gasteiger partial charge in [0.05, 0.1) is 11.3 Å². The molecule has 9 nitrogen and oxygen atoms in total. The van der Waals surface area contributed by atoms with Gasteiger partial charge < -0.3 is 15.5 Å². The molecule has 3 heterocycles. The van der Waals surface area contributed by atoms with Crippen molar-refractivity contribution >= 4 is 17.7 Å². The maximum Gasteiger partial charge on any atom is 0.435 e. The summed E-state index contributed by atoms with van der Waals surface area (Å²) in [5, 5.41) is 8.60. The van der Waals surface area contributed by atoms with Crippen LogP contribution in [0.15, 0.2) is 60.9 Å². The first-order chi connectivity index (χ1) is 17.7. The van der Waals surface area contributed by atoms with E-state index in [1.165, 1.54) is 0 Å². The van der Waals surface area contributed by atoms with Crippen LogP contribution in [0.2, 0.25) is 0 Å². The zero-order chi connectivity index (χ0) is 26.4. The number of nitrogens with zero attached hydrogens (tertiary/aromatic N) is 4. The van der Waals surface area contributed by atoms with Crippen LogP contribution in [0.4, 0.5) is 18.0 Å². The average Bonchev–Trinajstić information content (AvgIpc) is 3.38. The summed E-state index contributed by atoms with van der Waals surface area (Å²) in [5.74, 6) is -1.20. The largest absolute Gasteiger partial charge is 0.435 e. The maximum absolute atomic E-state index is 13.5. The van der Waals surface area contributed by atoms with Gasteiger partial charge in [0.15, 0.2) is 11.5 Å². The third-order valence-electron chi connectivity index (χ3n) is 6.01. The van der Waals surface area contributed by atoms with Crippen molar-refractivity contribution in [3.8, 4) is 5.69 Å². The number of halogens is 3. The molecule has 1 saturated heterocycles. The van der Waals surface area contributed by atoms with Gasteiger partial charge in [0.25, 0.3) is 5.91 Å². The third kappa shape index (κ3) is 6.32. The number of rotatable bonds is 7. The molecular weight excluding hydrogens is 489 g/mol. The Morgan fingerprint density at radius 3 is 2.27 bits per heavy atom. The molecule has 3 aromatic rings. The molecule has 1 aromatic carbocycles. The zero-order valence-electron chi connectivity index (χ0n) is 19.7. The molecule has 1 aliphatic heterocycles. The van der Waals surface area contributed by atoms with Crippen molar-refractivity contribution < 1.29 is 27.6 Å². The Bertz CT molecular complexity index is 1240. The van der Waals surface area contributed by atoms with Gasteiger partial charge in [-0.25, -0.2) is 9.48 Å². The van der Waals surface area contributed by atoms with Crippen LogP contribution in [0.25, 0.3) is 5.69 Å². The number of pyridine rings is 1. The number of ketones is 1. The van der Waals surface area contributed by atoms with Gasteiger partial charge in [-0.3, -0.25) is 14.6 Å². The van der Waals surface area contributed by atoms with Gasteiger partial charge in [-0.1, -0.05) is 24.3 Å². The first-order valence-corrected chi connectivity index (χ1v) is 11.7. The van der Waals surface area contributed by atoms with Crippen LogP contribution < -0.4 is 10.6 Å². The number of hydrogen-bond acceptors (Lipinski definition) is 5. The Balaban J connectivity index is 1.26. The summed E-state index contributed by atoms with van der Waals surface area (Å²) in [6, 6.07) is 12.9. The molecule has 0 spiro atoms. The van der Waals surface area contributed by atoms with E-state index in [0.29, 0.717) is 37.3 Å². The van der Waals surface area contributed by atoms with E-state index in [2.05, 4.69) is 20.7 Å². The van der Waals surface area contributed by atoms with Crippen LogP contribution in [0.1, 0.15) is 39.4 Å². The lowest BCUT2D eigenvalue weighted by Gasteiger charge is -2.31. The predicted molar refractivity (Wildman–Crippen MR) is 127 cm³/mol. The molecule has 194 valence electrons. The van der Waals surface area contributed by atoms with Crippen molar-refractivity contribution in [1.29, 1.82) is 0 Å². The summed E-state index contributed by atoms with van der Waals surface area (Å²) >= 11 is 0. The smallest absolute Gasteiger partial charge is 0.350 e. The summed E-state index contributed by atoms with van der Waals surface area (Å²) < 4.78 is 41.4. The van der Waals surface area contributed by atoms with Crippen LogP contribution >= 0.6 is 0 Å². The van der Waals surface area contributed by atoms with Crippen LogP contribution in [-0.2, 0) is 6.18 Å². The van der Waals surface area contributed by atoms with Gasteiger partial charge in [0.2, 0.25) is 0 Å². The zero-order valence-corrected chi connectivity index (χ0v) is 19.7. The van der Waals surface area contributed by atoms with Gasteiger partial charge in [0.1, 0.15) is 5.69 Å². The lowest BCUT2D eigenvalue weighted by atomic mass is 9.91. The van der Waals surface area contributed by atoms with Crippen LogP contribution in [0, 0.1) is 5.92 Å². The van der Waals surface area contributed by atoms with E-state index < -0.39 is 23.3 Å². The minimum atomic E-state index is -4.81. The number of carbonyl (C=O) groups is 3. The highest BCUT2D eigenvalue weighted by Gasteiger charge is 2.39. The minimum absolute atomic E-state index is 0.0194. The molecule has 0 bridgehead atoms. The molecule has 0 saturated carbocycles. The number of hydrogen-bond donors (Lipinski definition) is 2. The second kappa shape index (κ2) is 11.2. The quantitative estimate of drug-likeness (QED) is 0.372. The first-order valence-electron chi connectivity index (χ1n) is 11.7. The molecule has 1 aliphatic rings. The van der Waals surface area contributed by atoms with Gasteiger partial charge in [-0.05, 0) is 37.1 Å². The standard InChI is InChI=1S/C25H25F3N6O3/c26-25(27,28)22-19(16-34(32-22)18-6-2-1-3-7-18)23(36)30-12-13-31-24(37)33-14-9-17(10-15-33)21(35)20-8-4-5-11-29-20/h1-8,11,16-17H,9-10,12-15H2,(H,30,36)(H,31,37). The summed E-state index contributed by atoms with van der Waals surface area (Å²) in [5.41, 5.74) is -1.11. The summed E-state index contributed by atoms with van der Waals surface area (Å²) in [6.07, 6.45) is -1.21. The van der Waals surface area contributed by atoms with Gasteiger partial charge in [-0.15, -0.1) is 0 Å². The fourth-order valence-electron chi connectivity index (χ4n) is 4.08. The number of alkyl halides is 3. The molecule has 0 unspecified atom stereocenters. The van der Waals surface area contributed by atoms with E-state index in [1.807, 2.05) is 0 Å². The molecule has 4 rings (SSSR count). The van der Waals surface area contributed by atoms with Crippen molar-refractivity contribution in [3.63, 3.8) is 0 Å². The number of aromatic nitrogens is 3. The van der Waals surface area contributed by atoms with Gasteiger partial charge >= 0.3 is 12.2 Å². The highest BCUT2D eigenvalue weighted by molar-refractivity contribution is 5.96. The Labute approximate surface area is 210 Å². The van der Waals surface area contributed by atoms with Crippen molar-refractivity contribution in [3.05, 3.63) is 77.9 Å². The average molecular weight is 515 g/mol. The Morgan fingerprint density at radius 1 is 0.946 bits per heavy atom. The molecule has 37 heavy (non-hydrogen) atoms. The number of piperidine rings is 1. The molecule has 2 N–H and O–H groups in total. The summed E-state index contributed by atoms with van der Waals surface area (Å²) in [4.78, 5) is 43.1. The SMILES string of the molecule is O=C(NCCNC(=O)N1CCC(C(=O)c2ccccn2)CC1)c1cn(-c2ccccc2)nc1C(F)(F)F. The predicted octanol–water partition coefficient (Wildman–Crippen LogP) is 3.32. The van der Waals surface area contributed by atoms with Gasteiger partial charge in [0, 0.05) is 44.5 Å². The molecule has 0 atom stereocenters. The lowest BCUT2D eigenvalue weighted by molar-refractivity contribution is -0.141. The van der Waals surface area contributed by atoms with Gasteiger partial charge in [-0.2, -0.15) is 18.3 Å². The maximum atomic E-state index is 13.5. The number of benzene rings is 1. The topological polar surface area (TPSA) is 109 Å². The van der Waals surface area contributed by atoms with E-state index in [4.69, 9.17) is 0 Å². The molecule has 1 fully saturated rings. The number of likely N-dealkylation sites (tertiary alicyclic amines) is 1. The second-order valence-corrected chi connectivity index (χ2v) is 8.50. The number of nitrogens with one attached hydrogen (secondary N) is 2. The monoisotopic (exact) mass is 514 g/mol. The fourth-order valence-corrected chi connectivity index (χ4v) is 4.08. The van der Waals surface area contributed by atoms with E-state index in [-0.39, 0.29) is 30.8 Å². The number of urea groups is 1. The Morgan fingerprint density at radius 2 is 1.62 bits per heavy atom. The number of Topliss-reactive ketones (excluding diaryl/α,β-unsaturated/α-hetero) is 1. The van der Waals surface area contributed by atoms with E-state index >= 15 is 0 Å². The van der Waals surface area contributed by atoms with Crippen molar-refractivity contribution in [2.24, 2.45) is 5.92 Å². The number of carbonyl (C=O) groups excluding carboxylic acids is 3. The minimum Gasteiger partial charge on any atom is -0.350 e. The number of amides is 3. The molecule has 2 aromatic heterocycles. The van der Waals surface area contributed by atoms with E-state index in [9.17, 15) is 27.6 Å². The first kappa shape index (κ1) is 25.9. The molecule has 3 amide bonds. The highest BCUT2D eigenvalue weighted by atomic mass is 19.4. The normalized spacial score (nSPS) is 14.3. The highest BCUT2D eigenvalue weighted by Crippen LogP contribution is 2.31. The Kier molecular flexibility index (Phi) is 7.85. The summed E-state index contributed by atoms with van der Waals surface area (Å²) in [6.45, 7) is 0.711. The van der Waals surface area contributed by atoms with Crippen molar-refractivity contribution in [2.45, 2.75) is 19.0 Å². The third-order valence-corrected chi connectivity index (χ3v) is 6.01. The van der Waals surface area contributed by atoms with Crippen LogP contribution in [0.3, 0.4) is 0 Å². The molecular formula is C25H25F3N6O3. The van der Waals surface area contributed by atoms with E-state index in [1.54, 1.807) is 59.6 Å². The van der Waals surface area contributed by atoms with Crippen molar-refractivity contribution in [1.82, 2.24) is 30.3 Å². The lowest BCUT2D eigenvalue weighted by Crippen LogP contribution is -2.47. The number of para-hydroxylation sites is 1. The van der Waals surface area contributed by atoms with Crippen LogP contribution in [-0.4, -0.2) is 63.6 Å². The Hall–Kier alpha value is -4.22. The second-order valence-electron chi connectivity index (χ2n) is 8.50. The van der Waals surface area contributed by atoms with Crippen LogP contribution in [0.5, 0.6) is 0 Å². The molecule has 0 aliphatic carbocycles.